The lowest BCUT2D eigenvalue weighted by atomic mass is 9.96. The fourth-order valence-electron chi connectivity index (χ4n) is 3.54. The summed E-state index contributed by atoms with van der Waals surface area (Å²) in [6.45, 7) is 4.60. The SMILES string of the molecule is CC(C)C(NC(=O)CSc1nnc(-c2ccco2)n1Cc1ccccc1)c1ccc(F)cc1. The van der Waals surface area contributed by atoms with E-state index in [2.05, 4.69) is 15.5 Å². The number of amides is 1. The molecule has 4 aromatic rings. The van der Waals surface area contributed by atoms with Gasteiger partial charge in [-0.15, -0.1) is 10.2 Å². The van der Waals surface area contributed by atoms with E-state index in [0.29, 0.717) is 23.3 Å². The van der Waals surface area contributed by atoms with Crippen LogP contribution in [0.4, 0.5) is 4.39 Å². The van der Waals surface area contributed by atoms with Crippen molar-refractivity contribution in [2.45, 2.75) is 31.6 Å². The fourth-order valence-corrected chi connectivity index (χ4v) is 4.29. The van der Waals surface area contributed by atoms with Crippen LogP contribution in [0.25, 0.3) is 11.6 Å². The van der Waals surface area contributed by atoms with Crippen molar-refractivity contribution in [1.82, 2.24) is 20.1 Å². The van der Waals surface area contributed by atoms with Crippen molar-refractivity contribution in [2.75, 3.05) is 5.75 Å². The zero-order valence-electron chi connectivity index (χ0n) is 18.4. The lowest BCUT2D eigenvalue weighted by molar-refractivity contribution is -0.119. The fraction of sp³-hybridized carbons (Fsp3) is 0.240. The van der Waals surface area contributed by atoms with Gasteiger partial charge in [-0.3, -0.25) is 9.36 Å². The molecule has 0 aliphatic carbocycles. The number of hydrogen-bond donors (Lipinski definition) is 1. The zero-order valence-corrected chi connectivity index (χ0v) is 19.3. The minimum atomic E-state index is -0.298. The second kappa shape index (κ2) is 10.5. The highest BCUT2D eigenvalue weighted by atomic mass is 32.2. The van der Waals surface area contributed by atoms with Crippen LogP contribution in [0, 0.1) is 11.7 Å². The van der Waals surface area contributed by atoms with Crippen molar-refractivity contribution in [2.24, 2.45) is 5.92 Å². The third-order valence-electron chi connectivity index (χ3n) is 5.19. The van der Waals surface area contributed by atoms with Crippen LogP contribution in [0.2, 0.25) is 0 Å². The first-order valence-corrected chi connectivity index (χ1v) is 11.7. The highest BCUT2D eigenvalue weighted by Gasteiger charge is 2.21. The summed E-state index contributed by atoms with van der Waals surface area (Å²) in [5.74, 6) is 1.13. The number of carbonyl (C=O) groups is 1. The van der Waals surface area contributed by atoms with E-state index in [1.54, 1.807) is 24.5 Å². The van der Waals surface area contributed by atoms with Crippen molar-refractivity contribution in [3.8, 4) is 11.6 Å². The highest BCUT2D eigenvalue weighted by Crippen LogP contribution is 2.26. The Bertz CT molecular complexity index is 1180. The second-order valence-corrected chi connectivity index (χ2v) is 8.93. The summed E-state index contributed by atoms with van der Waals surface area (Å²) in [4.78, 5) is 12.8. The van der Waals surface area contributed by atoms with Crippen LogP contribution >= 0.6 is 11.8 Å². The Morgan fingerprint density at radius 1 is 1.06 bits per heavy atom. The molecule has 0 fully saturated rings. The van der Waals surface area contributed by atoms with Crippen molar-refractivity contribution in [3.63, 3.8) is 0 Å². The van der Waals surface area contributed by atoms with Crippen molar-refractivity contribution in [1.29, 1.82) is 0 Å². The predicted octanol–water partition coefficient (Wildman–Crippen LogP) is 5.33. The summed E-state index contributed by atoms with van der Waals surface area (Å²) in [6, 6.07) is 19.7. The molecular weight excluding hydrogens is 439 g/mol. The quantitative estimate of drug-likeness (QED) is 0.339. The molecule has 1 unspecified atom stereocenters. The summed E-state index contributed by atoms with van der Waals surface area (Å²) >= 11 is 1.32. The minimum Gasteiger partial charge on any atom is -0.461 e. The van der Waals surface area contributed by atoms with E-state index < -0.39 is 0 Å². The third-order valence-corrected chi connectivity index (χ3v) is 6.15. The maximum atomic E-state index is 13.3. The maximum absolute atomic E-state index is 13.3. The van der Waals surface area contributed by atoms with E-state index in [-0.39, 0.29) is 29.4 Å². The highest BCUT2D eigenvalue weighted by molar-refractivity contribution is 7.99. The molecule has 6 nitrogen and oxygen atoms in total. The molecule has 4 rings (SSSR count). The minimum absolute atomic E-state index is 0.128. The number of carbonyl (C=O) groups excluding carboxylic acids is 1. The molecule has 33 heavy (non-hydrogen) atoms. The van der Waals surface area contributed by atoms with Crippen LogP contribution in [0.5, 0.6) is 0 Å². The molecule has 0 aliphatic heterocycles. The van der Waals surface area contributed by atoms with Crippen LogP contribution < -0.4 is 5.32 Å². The van der Waals surface area contributed by atoms with Crippen LogP contribution in [0.3, 0.4) is 0 Å². The standard InChI is InChI=1S/C25H25FN4O2S/c1-17(2)23(19-10-12-20(26)13-11-19)27-22(31)16-33-25-29-28-24(21-9-6-14-32-21)30(25)15-18-7-4-3-5-8-18/h3-14,17,23H,15-16H2,1-2H3,(H,27,31). The topological polar surface area (TPSA) is 73.0 Å². The van der Waals surface area contributed by atoms with E-state index in [1.165, 1.54) is 23.9 Å². The van der Waals surface area contributed by atoms with Gasteiger partial charge in [-0.2, -0.15) is 0 Å². The Labute approximate surface area is 196 Å². The Kier molecular flexibility index (Phi) is 7.24. The number of hydrogen-bond acceptors (Lipinski definition) is 5. The van der Waals surface area contributed by atoms with Crippen LogP contribution in [-0.4, -0.2) is 26.4 Å². The first kappa shape index (κ1) is 22.8. The van der Waals surface area contributed by atoms with Gasteiger partial charge >= 0.3 is 0 Å². The van der Waals surface area contributed by atoms with E-state index in [4.69, 9.17) is 4.42 Å². The molecule has 2 aromatic heterocycles. The molecule has 0 radical (unpaired) electrons. The van der Waals surface area contributed by atoms with Gasteiger partial charge in [0.15, 0.2) is 10.9 Å². The van der Waals surface area contributed by atoms with E-state index in [1.807, 2.05) is 54.8 Å². The molecule has 1 atom stereocenters. The molecule has 8 heteroatoms. The van der Waals surface area contributed by atoms with E-state index in [9.17, 15) is 9.18 Å². The van der Waals surface area contributed by atoms with Gasteiger partial charge in [0.2, 0.25) is 11.7 Å². The number of benzene rings is 2. The molecule has 0 bridgehead atoms. The van der Waals surface area contributed by atoms with Crippen molar-refractivity contribution < 1.29 is 13.6 Å². The molecule has 1 amide bonds. The number of thioether (sulfide) groups is 1. The smallest absolute Gasteiger partial charge is 0.230 e. The molecule has 2 aromatic carbocycles. The molecule has 0 saturated carbocycles. The van der Waals surface area contributed by atoms with Gasteiger partial charge in [-0.1, -0.05) is 68.1 Å². The Hall–Kier alpha value is -3.39. The number of halogens is 1. The van der Waals surface area contributed by atoms with Gasteiger partial charge < -0.3 is 9.73 Å². The van der Waals surface area contributed by atoms with Gasteiger partial charge in [0, 0.05) is 0 Å². The van der Waals surface area contributed by atoms with E-state index in [0.717, 1.165) is 11.1 Å². The average molecular weight is 465 g/mol. The maximum Gasteiger partial charge on any atom is 0.230 e. The molecule has 0 spiro atoms. The van der Waals surface area contributed by atoms with E-state index >= 15 is 0 Å². The molecule has 0 saturated heterocycles. The second-order valence-electron chi connectivity index (χ2n) is 7.98. The number of aromatic nitrogens is 3. The van der Waals surface area contributed by atoms with Crippen molar-refractivity contribution >= 4 is 17.7 Å². The Morgan fingerprint density at radius 2 is 1.82 bits per heavy atom. The van der Waals surface area contributed by atoms with Crippen LogP contribution in [-0.2, 0) is 11.3 Å². The van der Waals surface area contributed by atoms with Gasteiger partial charge in [-0.05, 0) is 41.3 Å². The summed E-state index contributed by atoms with van der Waals surface area (Å²) < 4.78 is 20.8. The van der Waals surface area contributed by atoms with Crippen LogP contribution in [0.15, 0.2) is 82.6 Å². The molecule has 170 valence electrons. The average Bonchev–Trinajstić information content (AvgIpc) is 3.47. The lowest BCUT2D eigenvalue weighted by Crippen LogP contribution is -2.33. The molecular formula is C25H25FN4O2S. The molecule has 1 N–H and O–H groups in total. The Balaban J connectivity index is 1.49. The molecule has 0 aliphatic rings. The van der Waals surface area contributed by atoms with Crippen molar-refractivity contribution in [3.05, 3.63) is 89.9 Å². The number of furan rings is 1. The monoisotopic (exact) mass is 464 g/mol. The summed E-state index contributed by atoms with van der Waals surface area (Å²) in [7, 11) is 0. The number of nitrogens with one attached hydrogen (secondary N) is 1. The van der Waals surface area contributed by atoms with Gasteiger partial charge in [0.25, 0.3) is 0 Å². The number of rotatable bonds is 9. The zero-order chi connectivity index (χ0) is 23.2. The Morgan fingerprint density at radius 3 is 2.48 bits per heavy atom. The van der Waals surface area contributed by atoms with Gasteiger partial charge in [0.1, 0.15) is 5.82 Å². The summed E-state index contributed by atoms with van der Waals surface area (Å²) in [6.07, 6.45) is 1.60. The van der Waals surface area contributed by atoms with Gasteiger partial charge in [0.05, 0.1) is 24.6 Å². The molecule has 2 heterocycles. The number of nitrogens with zero attached hydrogens (tertiary/aromatic N) is 3. The largest absolute Gasteiger partial charge is 0.461 e. The summed E-state index contributed by atoms with van der Waals surface area (Å²) in [5, 5.41) is 12.3. The first-order valence-electron chi connectivity index (χ1n) is 10.7. The van der Waals surface area contributed by atoms with Gasteiger partial charge in [-0.25, -0.2) is 4.39 Å². The predicted molar refractivity (Wildman–Crippen MR) is 126 cm³/mol. The third kappa shape index (κ3) is 5.70. The normalized spacial score (nSPS) is 12.1. The summed E-state index contributed by atoms with van der Waals surface area (Å²) in [5.41, 5.74) is 1.96. The first-order chi connectivity index (χ1) is 16.0. The van der Waals surface area contributed by atoms with Crippen LogP contribution in [0.1, 0.15) is 31.0 Å². The lowest BCUT2D eigenvalue weighted by Gasteiger charge is -2.23.